The van der Waals surface area contributed by atoms with Gasteiger partial charge in [-0.05, 0) is 0 Å². The number of halogens is 2. The first-order chi connectivity index (χ1) is 5.29. The van der Waals surface area contributed by atoms with E-state index in [-0.39, 0.29) is 0 Å². The lowest BCUT2D eigenvalue weighted by atomic mass is 10.4. The zero-order valence-electron chi connectivity index (χ0n) is 6.30. The van der Waals surface area contributed by atoms with Gasteiger partial charge in [0.05, 0.1) is 13.2 Å². The van der Waals surface area contributed by atoms with Crippen molar-refractivity contribution in [3.05, 3.63) is 0 Å². The zero-order chi connectivity index (χ0) is 8.10. The van der Waals surface area contributed by atoms with E-state index < -0.39 is 0 Å². The Labute approximate surface area is 95.4 Å². The van der Waals surface area contributed by atoms with Gasteiger partial charge in [-0.3, -0.25) is 4.90 Å². The Morgan fingerprint density at radius 1 is 1.27 bits per heavy atom. The van der Waals surface area contributed by atoms with Crippen LogP contribution in [0.4, 0.5) is 0 Å². The second kappa shape index (κ2) is 5.90. The van der Waals surface area contributed by atoms with Crippen molar-refractivity contribution >= 4 is 45.7 Å². The molecule has 0 spiro atoms. The quantitative estimate of drug-likeness (QED) is 0.541. The largest absolute Gasteiger partial charge is 0.379 e. The van der Waals surface area contributed by atoms with Crippen molar-refractivity contribution in [1.82, 2.24) is 6.23 Å². The molecule has 1 aliphatic heterocycles. The van der Waals surface area contributed by atoms with Crippen molar-refractivity contribution in [2.45, 2.75) is 0 Å². The minimum absolute atomic E-state index is 0.905. The van der Waals surface area contributed by atoms with E-state index in [2.05, 4.69) is 52.0 Å². The highest BCUT2D eigenvalue weighted by atomic mass is 127. The highest BCUT2D eigenvalue weighted by Gasteiger charge is 2.09. The Morgan fingerprint density at radius 3 is 2.45 bits per heavy atom. The Kier molecular flexibility index (Phi) is 5.59. The van der Waals surface area contributed by atoms with Crippen LogP contribution < -0.4 is 0 Å². The maximum absolute atomic E-state index is 5.25. The molecule has 5 heteroatoms. The van der Waals surface area contributed by atoms with Crippen molar-refractivity contribution in [2.24, 2.45) is 0 Å². The van der Waals surface area contributed by atoms with Crippen LogP contribution in [0, 0.1) is 0 Å². The van der Waals surface area contributed by atoms with Crippen LogP contribution >= 0.6 is 45.7 Å². The SMILES string of the molecule is IN(I)CCN1CCOCC1. The normalized spacial score (nSPS) is 21.0. The van der Waals surface area contributed by atoms with E-state index in [1.165, 1.54) is 0 Å². The molecule has 1 saturated heterocycles. The molecule has 1 aliphatic rings. The van der Waals surface area contributed by atoms with Gasteiger partial charge in [-0.2, -0.15) is 1.33 Å². The minimum Gasteiger partial charge on any atom is -0.379 e. The van der Waals surface area contributed by atoms with Crippen molar-refractivity contribution < 1.29 is 4.74 Å². The predicted molar refractivity (Wildman–Crippen MR) is 62.0 cm³/mol. The van der Waals surface area contributed by atoms with Gasteiger partial charge >= 0.3 is 0 Å². The smallest absolute Gasteiger partial charge is 0.0594 e. The first-order valence-electron chi connectivity index (χ1n) is 3.68. The van der Waals surface area contributed by atoms with Crippen LogP contribution in [0.25, 0.3) is 0 Å². The van der Waals surface area contributed by atoms with Crippen LogP contribution in [-0.2, 0) is 4.74 Å². The number of nitrogens with zero attached hydrogens (tertiary/aromatic N) is 2. The third kappa shape index (κ3) is 4.81. The molecule has 0 bridgehead atoms. The lowest BCUT2D eigenvalue weighted by Crippen LogP contribution is -2.38. The first-order valence-corrected chi connectivity index (χ1v) is 5.61. The average molecular weight is 382 g/mol. The molecule has 0 aliphatic carbocycles. The third-order valence-electron chi connectivity index (χ3n) is 1.69. The van der Waals surface area contributed by atoms with Crippen LogP contribution in [0.3, 0.4) is 0 Å². The topological polar surface area (TPSA) is 15.7 Å². The van der Waals surface area contributed by atoms with Crippen LogP contribution in [0.5, 0.6) is 0 Å². The summed E-state index contributed by atoms with van der Waals surface area (Å²) in [5.41, 5.74) is 0. The van der Waals surface area contributed by atoms with Gasteiger partial charge < -0.3 is 4.74 Å². The van der Waals surface area contributed by atoms with E-state index in [1.54, 1.807) is 0 Å². The van der Waals surface area contributed by atoms with Gasteiger partial charge in [0.25, 0.3) is 0 Å². The maximum Gasteiger partial charge on any atom is 0.0594 e. The van der Waals surface area contributed by atoms with Gasteiger partial charge in [0.15, 0.2) is 0 Å². The lowest BCUT2D eigenvalue weighted by Gasteiger charge is -2.26. The average Bonchev–Trinajstić information content (AvgIpc) is 2.03. The number of hydrogen-bond acceptors (Lipinski definition) is 3. The summed E-state index contributed by atoms with van der Waals surface area (Å²) in [4.78, 5) is 2.44. The Morgan fingerprint density at radius 2 is 1.91 bits per heavy atom. The fourth-order valence-corrected chi connectivity index (χ4v) is 1.47. The van der Waals surface area contributed by atoms with E-state index in [1.807, 2.05) is 0 Å². The monoisotopic (exact) mass is 382 g/mol. The highest BCUT2D eigenvalue weighted by molar-refractivity contribution is 14.2. The summed E-state index contributed by atoms with van der Waals surface area (Å²) >= 11 is 4.60. The molecule has 66 valence electrons. The predicted octanol–water partition coefficient (Wildman–Crippen LogP) is 1.32. The van der Waals surface area contributed by atoms with E-state index in [0.717, 1.165) is 39.4 Å². The van der Waals surface area contributed by atoms with Crippen molar-refractivity contribution in [3.63, 3.8) is 0 Å². The van der Waals surface area contributed by atoms with Crippen LogP contribution in [-0.4, -0.2) is 45.6 Å². The number of ether oxygens (including phenoxy) is 1. The molecule has 1 fully saturated rings. The minimum atomic E-state index is 0.905. The molecule has 11 heavy (non-hydrogen) atoms. The Hall–Kier alpha value is 1.34. The van der Waals surface area contributed by atoms with Crippen LogP contribution in [0.2, 0.25) is 0 Å². The van der Waals surface area contributed by atoms with E-state index in [4.69, 9.17) is 4.74 Å². The molecule has 0 N–H and O–H groups in total. The molecule has 3 nitrogen and oxygen atoms in total. The van der Waals surface area contributed by atoms with Gasteiger partial charge in [0.1, 0.15) is 0 Å². The van der Waals surface area contributed by atoms with Crippen LogP contribution in [0.15, 0.2) is 0 Å². The summed E-state index contributed by atoms with van der Waals surface area (Å²) in [6.07, 6.45) is 0. The first kappa shape index (κ1) is 10.4. The summed E-state index contributed by atoms with van der Waals surface area (Å²) in [5, 5.41) is 0. The fraction of sp³-hybridized carbons (Fsp3) is 1.00. The summed E-state index contributed by atoms with van der Waals surface area (Å²) in [6, 6.07) is 0. The summed E-state index contributed by atoms with van der Waals surface area (Å²) in [7, 11) is 0. The molecule has 0 aromatic rings. The van der Waals surface area contributed by atoms with Gasteiger partial charge in [-0.1, -0.05) is 0 Å². The summed E-state index contributed by atoms with van der Waals surface area (Å²) in [5.74, 6) is 0. The van der Waals surface area contributed by atoms with Gasteiger partial charge in [-0.25, -0.2) is 0 Å². The second-order valence-corrected chi connectivity index (χ2v) is 6.66. The Bertz CT molecular complexity index is 107. The zero-order valence-corrected chi connectivity index (χ0v) is 10.6. The molecule has 1 rings (SSSR count). The number of hydrogen-bond donors (Lipinski definition) is 0. The molecule has 0 aromatic heterocycles. The second-order valence-electron chi connectivity index (χ2n) is 2.48. The standard InChI is InChI=1S/C6H12I2N2O/c7-10(8)2-1-9-3-5-11-6-4-9/h1-6H2. The molecular formula is C6H12I2N2O. The molecule has 0 atom stereocenters. The van der Waals surface area contributed by atoms with Crippen LogP contribution in [0.1, 0.15) is 0 Å². The fourth-order valence-electron chi connectivity index (χ4n) is 1.04. The summed E-state index contributed by atoms with van der Waals surface area (Å²) in [6.45, 7) is 6.30. The van der Waals surface area contributed by atoms with E-state index >= 15 is 0 Å². The maximum atomic E-state index is 5.25. The molecule has 0 aromatic carbocycles. The van der Waals surface area contributed by atoms with Crippen molar-refractivity contribution in [3.8, 4) is 0 Å². The molecule has 1 heterocycles. The highest BCUT2D eigenvalue weighted by Crippen LogP contribution is 2.06. The third-order valence-corrected chi connectivity index (χ3v) is 2.65. The number of morpholine rings is 1. The molecule has 0 radical (unpaired) electrons. The van der Waals surface area contributed by atoms with Gasteiger partial charge in [0.2, 0.25) is 0 Å². The molecule has 0 amide bonds. The molecule has 0 saturated carbocycles. The summed E-state index contributed by atoms with van der Waals surface area (Å²) < 4.78 is 7.41. The van der Waals surface area contributed by atoms with E-state index in [0.29, 0.717) is 0 Å². The molecule has 0 unspecified atom stereocenters. The molecular weight excluding hydrogens is 370 g/mol. The van der Waals surface area contributed by atoms with Crippen molar-refractivity contribution in [2.75, 3.05) is 39.4 Å². The Balaban J connectivity index is 2.05. The van der Waals surface area contributed by atoms with E-state index in [9.17, 15) is 0 Å². The lowest BCUT2D eigenvalue weighted by molar-refractivity contribution is 0.0384. The number of rotatable bonds is 3. The van der Waals surface area contributed by atoms with Gasteiger partial charge in [0, 0.05) is 71.9 Å². The van der Waals surface area contributed by atoms with Crippen molar-refractivity contribution in [1.29, 1.82) is 0 Å². The van der Waals surface area contributed by atoms with Gasteiger partial charge in [-0.15, -0.1) is 0 Å².